The number of nitrogens with zero attached hydrogens (tertiary/aromatic N) is 1. The molecule has 1 aromatic carbocycles. The summed E-state index contributed by atoms with van der Waals surface area (Å²) in [5.41, 5.74) is 3.98. The fourth-order valence-corrected chi connectivity index (χ4v) is 2.38. The molecular formula is C15H17NO3. The van der Waals surface area contributed by atoms with E-state index >= 15 is 0 Å². The van der Waals surface area contributed by atoms with Crippen molar-refractivity contribution in [2.75, 3.05) is 0 Å². The molecule has 100 valence electrons. The van der Waals surface area contributed by atoms with E-state index in [2.05, 4.69) is 0 Å². The Bertz CT molecular complexity index is 668. The van der Waals surface area contributed by atoms with Crippen molar-refractivity contribution in [1.82, 2.24) is 4.57 Å². The molecule has 1 heterocycles. The van der Waals surface area contributed by atoms with Crippen molar-refractivity contribution in [3.05, 3.63) is 35.0 Å². The van der Waals surface area contributed by atoms with Crippen LogP contribution in [0.15, 0.2) is 18.3 Å². The van der Waals surface area contributed by atoms with Crippen LogP contribution in [-0.2, 0) is 11.8 Å². The minimum absolute atomic E-state index is 0.0430. The second kappa shape index (κ2) is 4.88. The first-order chi connectivity index (χ1) is 8.91. The summed E-state index contributed by atoms with van der Waals surface area (Å²) in [7, 11) is 1.91. The average Bonchev–Trinajstić information content (AvgIpc) is 2.69. The molecule has 2 aromatic rings. The van der Waals surface area contributed by atoms with Crippen molar-refractivity contribution in [3.8, 4) is 0 Å². The summed E-state index contributed by atoms with van der Waals surface area (Å²) in [6, 6.07) is 3.93. The lowest BCUT2D eigenvalue weighted by Crippen LogP contribution is -2.03. The number of carbonyl (C=O) groups excluding carboxylic acids is 1. The van der Waals surface area contributed by atoms with Crippen molar-refractivity contribution in [3.63, 3.8) is 0 Å². The standard InChI is InChI=1S/C15H17NO3/c1-9-4-5-11-12(13(17)6-7-14(18)19)8-16(3)15(11)10(9)2/h4-5,8H,6-7H2,1-3H3,(H,18,19). The lowest BCUT2D eigenvalue weighted by atomic mass is 10.0. The number of benzene rings is 1. The van der Waals surface area contributed by atoms with E-state index in [9.17, 15) is 9.59 Å². The number of aliphatic carboxylic acids is 1. The molecule has 0 saturated carbocycles. The Hall–Kier alpha value is -2.10. The van der Waals surface area contributed by atoms with Gasteiger partial charge in [-0.05, 0) is 25.0 Å². The number of rotatable bonds is 4. The van der Waals surface area contributed by atoms with Crippen LogP contribution in [0, 0.1) is 13.8 Å². The first-order valence-electron chi connectivity index (χ1n) is 6.22. The molecule has 0 aliphatic carbocycles. The lowest BCUT2D eigenvalue weighted by molar-refractivity contribution is -0.136. The fourth-order valence-electron chi connectivity index (χ4n) is 2.38. The summed E-state index contributed by atoms with van der Waals surface area (Å²) >= 11 is 0. The monoisotopic (exact) mass is 259 g/mol. The minimum Gasteiger partial charge on any atom is -0.481 e. The number of carboxylic acids is 1. The summed E-state index contributed by atoms with van der Waals surface area (Å²) in [6.07, 6.45) is 1.71. The summed E-state index contributed by atoms with van der Waals surface area (Å²) in [4.78, 5) is 22.6. The quantitative estimate of drug-likeness (QED) is 0.859. The van der Waals surface area contributed by atoms with E-state index in [1.165, 1.54) is 5.56 Å². The van der Waals surface area contributed by atoms with Gasteiger partial charge in [-0.3, -0.25) is 9.59 Å². The van der Waals surface area contributed by atoms with E-state index in [1.807, 2.05) is 37.6 Å². The Morgan fingerprint density at radius 3 is 2.53 bits per heavy atom. The number of fused-ring (bicyclic) bond motifs is 1. The first kappa shape index (κ1) is 13.3. The maximum Gasteiger partial charge on any atom is 0.303 e. The zero-order chi connectivity index (χ0) is 14.2. The number of aryl methyl sites for hydroxylation is 3. The fraction of sp³-hybridized carbons (Fsp3) is 0.333. The highest BCUT2D eigenvalue weighted by atomic mass is 16.4. The maximum absolute atomic E-state index is 12.1. The molecule has 2 rings (SSSR count). The Morgan fingerprint density at radius 2 is 1.89 bits per heavy atom. The number of hydrogen-bond donors (Lipinski definition) is 1. The van der Waals surface area contributed by atoms with Crippen molar-refractivity contribution < 1.29 is 14.7 Å². The van der Waals surface area contributed by atoms with Gasteiger partial charge in [-0.25, -0.2) is 0 Å². The van der Waals surface area contributed by atoms with E-state index in [-0.39, 0.29) is 18.6 Å². The van der Waals surface area contributed by atoms with Gasteiger partial charge in [0.25, 0.3) is 0 Å². The van der Waals surface area contributed by atoms with E-state index in [0.717, 1.165) is 16.5 Å². The van der Waals surface area contributed by atoms with Gasteiger partial charge < -0.3 is 9.67 Å². The lowest BCUT2D eigenvalue weighted by Gasteiger charge is -2.04. The molecule has 0 fully saturated rings. The van der Waals surface area contributed by atoms with E-state index < -0.39 is 5.97 Å². The molecule has 4 nitrogen and oxygen atoms in total. The Morgan fingerprint density at radius 1 is 1.21 bits per heavy atom. The van der Waals surface area contributed by atoms with Crippen LogP contribution in [0.2, 0.25) is 0 Å². The highest BCUT2D eigenvalue weighted by Gasteiger charge is 2.16. The smallest absolute Gasteiger partial charge is 0.303 e. The summed E-state index contributed by atoms with van der Waals surface area (Å²) in [5.74, 6) is -1.06. The van der Waals surface area contributed by atoms with Crippen LogP contribution in [0.4, 0.5) is 0 Å². The molecule has 0 unspecified atom stereocenters. The van der Waals surface area contributed by atoms with E-state index in [1.54, 1.807) is 6.20 Å². The second-order valence-electron chi connectivity index (χ2n) is 4.87. The van der Waals surface area contributed by atoms with Crippen molar-refractivity contribution in [1.29, 1.82) is 0 Å². The second-order valence-corrected chi connectivity index (χ2v) is 4.87. The molecule has 0 radical (unpaired) electrons. The van der Waals surface area contributed by atoms with Crippen molar-refractivity contribution in [2.24, 2.45) is 7.05 Å². The molecule has 0 aliphatic heterocycles. The van der Waals surface area contributed by atoms with Crippen LogP contribution < -0.4 is 0 Å². The van der Waals surface area contributed by atoms with Crippen LogP contribution in [0.5, 0.6) is 0 Å². The number of ketones is 1. The van der Waals surface area contributed by atoms with Crippen LogP contribution in [0.25, 0.3) is 10.9 Å². The van der Waals surface area contributed by atoms with Gasteiger partial charge in [0, 0.05) is 30.6 Å². The largest absolute Gasteiger partial charge is 0.481 e. The Balaban J connectivity index is 2.48. The van der Waals surface area contributed by atoms with Crippen LogP contribution in [0.3, 0.4) is 0 Å². The topological polar surface area (TPSA) is 59.3 Å². The van der Waals surface area contributed by atoms with Crippen LogP contribution in [-0.4, -0.2) is 21.4 Å². The molecule has 0 bridgehead atoms. The number of Topliss-reactive ketones (excluding diaryl/α,β-unsaturated/α-hetero) is 1. The predicted molar refractivity (Wildman–Crippen MR) is 73.6 cm³/mol. The zero-order valence-electron chi connectivity index (χ0n) is 11.4. The molecule has 1 aromatic heterocycles. The third-order valence-corrected chi connectivity index (χ3v) is 3.53. The van der Waals surface area contributed by atoms with Crippen molar-refractivity contribution in [2.45, 2.75) is 26.7 Å². The zero-order valence-corrected chi connectivity index (χ0v) is 11.4. The number of hydrogen-bond acceptors (Lipinski definition) is 2. The molecule has 0 amide bonds. The molecule has 0 saturated heterocycles. The number of carbonyl (C=O) groups is 2. The van der Waals surface area contributed by atoms with E-state index in [0.29, 0.717) is 5.56 Å². The minimum atomic E-state index is -0.944. The third kappa shape index (κ3) is 2.38. The van der Waals surface area contributed by atoms with Crippen LogP contribution >= 0.6 is 0 Å². The number of carboxylic acid groups (broad SMARTS) is 1. The van der Waals surface area contributed by atoms with Crippen LogP contribution in [0.1, 0.15) is 34.3 Å². The molecule has 0 aliphatic rings. The van der Waals surface area contributed by atoms with Gasteiger partial charge in [0.1, 0.15) is 0 Å². The van der Waals surface area contributed by atoms with Gasteiger partial charge in [0.05, 0.1) is 11.9 Å². The Labute approximate surface area is 111 Å². The van der Waals surface area contributed by atoms with E-state index in [4.69, 9.17) is 5.11 Å². The number of aromatic nitrogens is 1. The molecule has 1 N–H and O–H groups in total. The molecule has 0 atom stereocenters. The highest BCUT2D eigenvalue weighted by Crippen LogP contribution is 2.27. The highest BCUT2D eigenvalue weighted by molar-refractivity contribution is 6.09. The third-order valence-electron chi connectivity index (χ3n) is 3.53. The Kier molecular flexibility index (Phi) is 3.42. The summed E-state index contributed by atoms with van der Waals surface area (Å²) in [5, 5.41) is 9.55. The normalized spacial score (nSPS) is 10.9. The van der Waals surface area contributed by atoms with Crippen molar-refractivity contribution >= 4 is 22.7 Å². The molecule has 19 heavy (non-hydrogen) atoms. The molecular weight excluding hydrogens is 242 g/mol. The summed E-state index contributed by atoms with van der Waals surface area (Å²) < 4.78 is 1.94. The van der Waals surface area contributed by atoms with Gasteiger partial charge in [-0.2, -0.15) is 0 Å². The van der Waals surface area contributed by atoms with Gasteiger partial charge in [-0.15, -0.1) is 0 Å². The van der Waals surface area contributed by atoms with Gasteiger partial charge in [-0.1, -0.05) is 12.1 Å². The maximum atomic E-state index is 12.1. The van der Waals surface area contributed by atoms with Gasteiger partial charge in [0.15, 0.2) is 5.78 Å². The SMILES string of the molecule is Cc1ccc2c(C(=O)CCC(=O)O)cn(C)c2c1C. The average molecular weight is 259 g/mol. The first-order valence-corrected chi connectivity index (χ1v) is 6.22. The molecule has 0 spiro atoms. The van der Waals surface area contributed by atoms with Gasteiger partial charge in [0.2, 0.25) is 0 Å². The van der Waals surface area contributed by atoms with Gasteiger partial charge >= 0.3 is 5.97 Å². The molecule has 4 heteroatoms. The summed E-state index contributed by atoms with van der Waals surface area (Å²) in [6.45, 7) is 4.07. The predicted octanol–water partition coefficient (Wildman–Crippen LogP) is 2.84.